The Labute approximate surface area is 174 Å². The van der Waals surface area contributed by atoms with Crippen LogP contribution in [0.1, 0.15) is 29.3 Å². The number of nitrogens with zero attached hydrogens (tertiary/aromatic N) is 2. The second-order valence-corrected chi connectivity index (χ2v) is 7.70. The lowest BCUT2D eigenvalue weighted by Crippen LogP contribution is -2.28. The molecule has 3 aromatic rings. The van der Waals surface area contributed by atoms with E-state index in [1.54, 1.807) is 18.4 Å². The molecule has 0 bridgehead atoms. The maximum absolute atomic E-state index is 13.0. The van der Waals surface area contributed by atoms with Crippen LogP contribution in [0.5, 0.6) is 5.75 Å². The van der Waals surface area contributed by atoms with Gasteiger partial charge in [-0.3, -0.25) is 4.79 Å². The highest BCUT2D eigenvalue weighted by molar-refractivity contribution is 7.99. The molecule has 2 heterocycles. The van der Waals surface area contributed by atoms with Crippen molar-refractivity contribution in [1.29, 1.82) is 0 Å². The molecule has 0 N–H and O–H groups in total. The minimum atomic E-state index is -0.118. The van der Waals surface area contributed by atoms with Crippen LogP contribution in [0, 0.1) is 0 Å². The van der Waals surface area contributed by atoms with Crippen molar-refractivity contribution in [3.05, 3.63) is 89.9 Å². The number of furan rings is 1. The molecule has 0 saturated heterocycles. The molecule has 0 saturated carbocycles. The second-order valence-electron chi connectivity index (χ2n) is 6.72. The summed E-state index contributed by atoms with van der Waals surface area (Å²) in [4.78, 5) is 13.0. The Balaban J connectivity index is 1.52. The molecule has 0 radical (unpaired) electrons. The molecule has 1 atom stereocenters. The van der Waals surface area contributed by atoms with Crippen LogP contribution in [0.3, 0.4) is 0 Å². The van der Waals surface area contributed by atoms with Gasteiger partial charge in [-0.25, -0.2) is 5.01 Å². The minimum Gasteiger partial charge on any atom is -0.497 e. The zero-order chi connectivity index (χ0) is 20.1. The van der Waals surface area contributed by atoms with Crippen molar-refractivity contribution < 1.29 is 13.9 Å². The Morgan fingerprint density at radius 2 is 1.93 bits per heavy atom. The first-order chi connectivity index (χ1) is 14.2. The van der Waals surface area contributed by atoms with Gasteiger partial charge in [0.1, 0.15) is 11.5 Å². The van der Waals surface area contributed by atoms with E-state index in [0.717, 1.165) is 28.3 Å². The van der Waals surface area contributed by atoms with E-state index in [0.29, 0.717) is 17.9 Å². The normalized spacial score (nSPS) is 16.0. The zero-order valence-electron chi connectivity index (χ0n) is 16.2. The van der Waals surface area contributed by atoms with Crippen LogP contribution in [-0.4, -0.2) is 29.5 Å². The number of amides is 1. The zero-order valence-corrected chi connectivity index (χ0v) is 17.0. The SMILES string of the molecule is COc1ccc(C2CC(c3ccccc3)=NN2C(=O)CSCc2ccco2)cc1. The van der Waals surface area contributed by atoms with E-state index >= 15 is 0 Å². The van der Waals surface area contributed by atoms with Crippen LogP contribution in [0.2, 0.25) is 0 Å². The molecule has 6 heteroatoms. The quantitative estimate of drug-likeness (QED) is 0.560. The average molecular weight is 407 g/mol. The van der Waals surface area contributed by atoms with Gasteiger partial charge < -0.3 is 9.15 Å². The maximum Gasteiger partial charge on any atom is 0.253 e. The lowest BCUT2D eigenvalue weighted by molar-refractivity contribution is -0.130. The van der Waals surface area contributed by atoms with E-state index in [2.05, 4.69) is 0 Å². The number of methoxy groups -OCH3 is 1. The summed E-state index contributed by atoms with van der Waals surface area (Å²) in [6.45, 7) is 0. The Morgan fingerprint density at radius 1 is 1.14 bits per heavy atom. The Morgan fingerprint density at radius 3 is 2.62 bits per heavy atom. The van der Waals surface area contributed by atoms with Crippen LogP contribution in [0.15, 0.2) is 82.5 Å². The topological polar surface area (TPSA) is 55.0 Å². The number of hydrogen-bond acceptors (Lipinski definition) is 5. The van der Waals surface area contributed by atoms with Gasteiger partial charge in [0.25, 0.3) is 5.91 Å². The molecule has 1 aliphatic heterocycles. The summed E-state index contributed by atoms with van der Waals surface area (Å²) in [6, 6.07) is 21.5. The van der Waals surface area contributed by atoms with Gasteiger partial charge in [-0.05, 0) is 35.4 Å². The van der Waals surface area contributed by atoms with Gasteiger partial charge in [-0.2, -0.15) is 5.10 Å². The molecule has 5 nitrogen and oxygen atoms in total. The summed E-state index contributed by atoms with van der Waals surface area (Å²) >= 11 is 1.53. The minimum absolute atomic E-state index is 0.00620. The molecule has 1 unspecified atom stereocenters. The number of rotatable bonds is 7. The van der Waals surface area contributed by atoms with Crippen molar-refractivity contribution >= 4 is 23.4 Å². The predicted octanol–water partition coefficient (Wildman–Crippen LogP) is 4.90. The molecular weight excluding hydrogens is 384 g/mol. The summed E-state index contributed by atoms with van der Waals surface area (Å²) in [7, 11) is 1.65. The van der Waals surface area contributed by atoms with Crippen LogP contribution in [0.25, 0.3) is 0 Å². The maximum atomic E-state index is 13.0. The lowest BCUT2D eigenvalue weighted by atomic mass is 9.98. The molecule has 148 valence electrons. The third-order valence-corrected chi connectivity index (χ3v) is 5.76. The molecule has 0 fully saturated rings. The first kappa shape index (κ1) is 19.3. The number of carbonyl (C=O) groups excluding carboxylic acids is 1. The van der Waals surface area contributed by atoms with E-state index in [4.69, 9.17) is 14.3 Å². The molecule has 0 spiro atoms. The fraction of sp³-hybridized carbons (Fsp3) is 0.217. The van der Waals surface area contributed by atoms with Gasteiger partial charge in [0, 0.05) is 6.42 Å². The molecule has 4 rings (SSSR count). The highest BCUT2D eigenvalue weighted by Gasteiger charge is 2.32. The number of hydrazone groups is 1. The molecule has 1 aliphatic rings. The standard InChI is InChI=1S/C23H22N2O3S/c1-27-19-11-9-18(10-12-19)22-14-21(17-6-3-2-4-7-17)24-25(22)23(26)16-29-15-20-8-5-13-28-20/h2-13,22H,14-16H2,1H3. The van der Waals surface area contributed by atoms with Gasteiger partial charge >= 0.3 is 0 Å². The van der Waals surface area contributed by atoms with E-state index < -0.39 is 0 Å². The van der Waals surface area contributed by atoms with Gasteiger partial charge in [0.2, 0.25) is 0 Å². The fourth-order valence-corrected chi connectivity index (χ4v) is 4.11. The first-order valence-electron chi connectivity index (χ1n) is 9.43. The van der Waals surface area contributed by atoms with Gasteiger partial charge in [-0.15, -0.1) is 11.8 Å². The van der Waals surface area contributed by atoms with E-state index in [9.17, 15) is 4.79 Å². The van der Waals surface area contributed by atoms with E-state index in [1.807, 2.05) is 66.7 Å². The molecule has 2 aromatic carbocycles. The van der Waals surface area contributed by atoms with Gasteiger partial charge in [-0.1, -0.05) is 42.5 Å². The monoisotopic (exact) mass is 406 g/mol. The van der Waals surface area contributed by atoms with Crippen LogP contribution in [-0.2, 0) is 10.5 Å². The summed E-state index contributed by atoms with van der Waals surface area (Å²) in [5.74, 6) is 2.66. The van der Waals surface area contributed by atoms with Crippen molar-refractivity contribution in [2.24, 2.45) is 5.10 Å². The van der Waals surface area contributed by atoms with Crippen LogP contribution >= 0.6 is 11.8 Å². The van der Waals surface area contributed by atoms with Crippen molar-refractivity contribution in [1.82, 2.24) is 5.01 Å². The summed E-state index contributed by atoms with van der Waals surface area (Å²) in [5, 5.41) is 6.34. The smallest absolute Gasteiger partial charge is 0.253 e. The van der Waals surface area contributed by atoms with Gasteiger partial charge in [0.15, 0.2) is 0 Å². The van der Waals surface area contributed by atoms with E-state index in [-0.39, 0.29) is 11.9 Å². The molecule has 29 heavy (non-hydrogen) atoms. The van der Waals surface area contributed by atoms with Gasteiger partial charge in [0.05, 0.1) is 36.6 Å². The largest absolute Gasteiger partial charge is 0.497 e. The highest BCUT2D eigenvalue weighted by Crippen LogP contribution is 2.34. The fourth-order valence-electron chi connectivity index (χ4n) is 3.33. The van der Waals surface area contributed by atoms with E-state index in [1.165, 1.54) is 11.8 Å². The van der Waals surface area contributed by atoms with Crippen molar-refractivity contribution in [3.63, 3.8) is 0 Å². The predicted molar refractivity (Wildman–Crippen MR) is 115 cm³/mol. The Kier molecular flexibility index (Phi) is 6.00. The highest BCUT2D eigenvalue weighted by atomic mass is 32.2. The molecular formula is C23H22N2O3S. The molecule has 1 aromatic heterocycles. The molecule has 0 aliphatic carbocycles. The third kappa shape index (κ3) is 4.54. The average Bonchev–Trinajstić information content (AvgIpc) is 3.45. The Bertz CT molecular complexity index is 969. The van der Waals surface area contributed by atoms with Crippen molar-refractivity contribution in [2.45, 2.75) is 18.2 Å². The summed E-state index contributed by atoms with van der Waals surface area (Å²) in [6.07, 6.45) is 2.33. The first-order valence-corrected chi connectivity index (χ1v) is 10.6. The lowest BCUT2D eigenvalue weighted by Gasteiger charge is -2.22. The van der Waals surface area contributed by atoms with Crippen LogP contribution < -0.4 is 4.74 Å². The number of benzene rings is 2. The number of carbonyl (C=O) groups is 1. The number of ether oxygens (including phenoxy) is 1. The van der Waals surface area contributed by atoms with Crippen molar-refractivity contribution in [3.8, 4) is 5.75 Å². The number of hydrogen-bond donors (Lipinski definition) is 0. The summed E-state index contributed by atoms with van der Waals surface area (Å²) < 4.78 is 10.6. The summed E-state index contributed by atoms with van der Waals surface area (Å²) in [5.41, 5.74) is 3.02. The second kappa shape index (κ2) is 9.01. The van der Waals surface area contributed by atoms with Crippen LogP contribution in [0.4, 0.5) is 0 Å². The third-order valence-electron chi connectivity index (χ3n) is 4.82. The molecule has 1 amide bonds. The number of thioether (sulfide) groups is 1. The Hall–Kier alpha value is -2.99. The van der Waals surface area contributed by atoms with Crippen molar-refractivity contribution in [2.75, 3.05) is 12.9 Å².